The second-order valence-electron chi connectivity index (χ2n) is 15.7. The standard InChI is InChI=1S/C38H55NO4Si2/c1-37(2,3)44(7,8)42-33-25-26-34(35(27-33)43-45(9,10)38(4,5)6)30-21-23-32(24-22-30)39(28-29-17-13-11-14-18-29)41-36(40)31-19-15-12-16-20-31/h11-20,25-27,30,32H,21-24,28H2,1-10H3. The van der Waals surface area contributed by atoms with Crippen molar-refractivity contribution in [1.82, 2.24) is 5.06 Å². The SMILES string of the molecule is CC(C)(C)[Si](C)(C)Oc1ccc(C2CCC(N(Cc3ccccc3)OC(=O)c3ccccc3)CC2)c(O[Si](C)(C)C(C)(C)C)c1. The minimum Gasteiger partial charge on any atom is -0.543 e. The number of hydrogen-bond acceptors (Lipinski definition) is 5. The molecule has 244 valence electrons. The Hall–Kier alpha value is -2.88. The number of rotatable bonds is 10. The highest BCUT2D eigenvalue weighted by molar-refractivity contribution is 6.75. The molecule has 3 aromatic carbocycles. The summed E-state index contributed by atoms with van der Waals surface area (Å²) >= 11 is 0. The highest BCUT2D eigenvalue weighted by Gasteiger charge is 2.41. The smallest absolute Gasteiger partial charge is 0.357 e. The third-order valence-electron chi connectivity index (χ3n) is 10.3. The van der Waals surface area contributed by atoms with Crippen LogP contribution in [0.25, 0.3) is 0 Å². The van der Waals surface area contributed by atoms with Gasteiger partial charge in [-0.2, -0.15) is 0 Å². The summed E-state index contributed by atoms with van der Waals surface area (Å²) in [5.74, 6) is 1.95. The van der Waals surface area contributed by atoms with Crippen LogP contribution in [0.1, 0.15) is 94.6 Å². The monoisotopic (exact) mass is 645 g/mol. The Morgan fingerprint density at radius 3 is 1.82 bits per heavy atom. The van der Waals surface area contributed by atoms with Crippen LogP contribution < -0.4 is 8.85 Å². The minimum absolute atomic E-state index is 0.0821. The second kappa shape index (κ2) is 13.9. The second-order valence-corrected chi connectivity index (χ2v) is 25.2. The van der Waals surface area contributed by atoms with Gasteiger partial charge in [-0.05, 0) is 97.2 Å². The fourth-order valence-corrected chi connectivity index (χ4v) is 7.34. The molecule has 1 saturated carbocycles. The third kappa shape index (κ3) is 8.89. The van der Waals surface area contributed by atoms with Crippen LogP contribution in [0.15, 0.2) is 78.9 Å². The number of hydrogen-bond donors (Lipinski definition) is 0. The number of carbonyl (C=O) groups excluding carboxylic acids is 1. The maximum atomic E-state index is 13.1. The third-order valence-corrected chi connectivity index (χ3v) is 19.0. The van der Waals surface area contributed by atoms with Crippen LogP contribution in [-0.2, 0) is 11.4 Å². The molecule has 0 radical (unpaired) electrons. The van der Waals surface area contributed by atoms with Crippen molar-refractivity contribution in [3.05, 3.63) is 95.6 Å². The summed E-state index contributed by atoms with van der Waals surface area (Å²) in [4.78, 5) is 19.2. The lowest BCUT2D eigenvalue weighted by atomic mass is 9.81. The molecular weight excluding hydrogens is 591 g/mol. The van der Waals surface area contributed by atoms with E-state index < -0.39 is 16.6 Å². The van der Waals surface area contributed by atoms with Crippen LogP contribution in [0.5, 0.6) is 11.5 Å². The molecule has 1 aliphatic rings. The molecule has 1 aliphatic carbocycles. The largest absolute Gasteiger partial charge is 0.543 e. The van der Waals surface area contributed by atoms with Crippen LogP contribution >= 0.6 is 0 Å². The Kier molecular flexibility index (Phi) is 10.8. The van der Waals surface area contributed by atoms with E-state index in [0.717, 1.165) is 42.7 Å². The first kappa shape index (κ1) is 35.0. The summed E-state index contributed by atoms with van der Waals surface area (Å²) in [5.41, 5.74) is 2.97. The van der Waals surface area contributed by atoms with Crippen molar-refractivity contribution in [3.63, 3.8) is 0 Å². The molecule has 0 bridgehead atoms. The molecule has 0 amide bonds. The summed E-state index contributed by atoms with van der Waals surface area (Å²) in [6.45, 7) is 23.5. The van der Waals surface area contributed by atoms with Crippen molar-refractivity contribution in [2.24, 2.45) is 0 Å². The average molecular weight is 646 g/mol. The topological polar surface area (TPSA) is 48.0 Å². The fraction of sp³-hybridized carbons (Fsp3) is 0.500. The number of hydroxylamine groups is 2. The van der Waals surface area contributed by atoms with E-state index in [9.17, 15) is 4.79 Å². The van der Waals surface area contributed by atoms with Gasteiger partial charge in [-0.25, -0.2) is 4.79 Å². The van der Waals surface area contributed by atoms with Crippen molar-refractivity contribution in [3.8, 4) is 11.5 Å². The molecule has 5 nitrogen and oxygen atoms in total. The summed E-state index contributed by atoms with van der Waals surface area (Å²) in [5, 5.41) is 2.11. The number of benzene rings is 3. The Balaban J connectivity index is 1.57. The van der Waals surface area contributed by atoms with Crippen molar-refractivity contribution >= 4 is 22.6 Å². The van der Waals surface area contributed by atoms with Gasteiger partial charge in [0.2, 0.25) is 16.6 Å². The molecule has 0 atom stereocenters. The van der Waals surface area contributed by atoms with E-state index in [1.54, 1.807) is 0 Å². The number of carbonyl (C=O) groups is 1. The normalized spacial score (nSPS) is 18.0. The van der Waals surface area contributed by atoms with Gasteiger partial charge in [-0.15, -0.1) is 5.06 Å². The first-order chi connectivity index (χ1) is 21.0. The molecule has 0 saturated heterocycles. The lowest BCUT2D eigenvalue weighted by Gasteiger charge is -2.40. The van der Waals surface area contributed by atoms with Gasteiger partial charge in [0.1, 0.15) is 11.5 Å². The van der Waals surface area contributed by atoms with Gasteiger partial charge in [0.05, 0.1) is 12.1 Å². The molecule has 0 unspecified atom stereocenters. The van der Waals surface area contributed by atoms with Gasteiger partial charge in [-0.1, -0.05) is 96.1 Å². The zero-order valence-electron chi connectivity index (χ0n) is 29.3. The van der Waals surface area contributed by atoms with Gasteiger partial charge >= 0.3 is 5.97 Å². The maximum absolute atomic E-state index is 13.1. The molecule has 0 N–H and O–H groups in total. The van der Waals surface area contributed by atoms with E-state index in [1.807, 2.05) is 53.6 Å². The van der Waals surface area contributed by atoms with E-state index in [0.29, 0.717) is 18.0 Å². The van der Waals surface area contributed by atoms with Crippen molar-refractivity contribution < 1.29 is 18.5 Å². The fourth-order valence-electron chi connectivity index (χ4n) is 5.29. The maximum Gasteiger partial charge on any atom is 0.357 e. The van der Waals surface area contributed by atoms with Gasteiger partial charge in [0.15, 0.2) is 0 Å². The molecule has 0 aliphatic heterocycles. The van der Waals surface area contributed by atoms with Crippen molar-refractivity contribution in [2.75, 3.05) is 0 Å². The number of nitrogens with zero attached hydrogens (tertiary/aromatic N) is 1. The highest BCUT2D eigenvalue weighted by Crippen LogP contribution is 2.45. The Labute approximate surface area is 274 Å². The molecule has 4 rings (SSSR count). The molecule has 0 aromatic heterocycles. The van der Waals surface area contributed by atoms with E-state index in [4.69, 9.17) is 13.7 Å². The van der Waals surface area contributed by atoms with Gasteiger partial charge in [0.25, 0.3) is 0 Å². The first-order valence-electron chi connectivity index (χ1n) is 16.6. The minimum atomic E-state index is -2.09. The Bertz CT molecular complexity index is 1400. The van der Waals surface area contributed by atoms with Gasteiger partial charge in [-0.3, -0.25) is 0 Å². The highest BCUT2D eigenvalue weighted by atomic mass is 28.4. The van der Waals surface area contributed by atoms with Gasteiger partial charge < -0.3 is 13.7 Å². The first-order valence-corrected chi connectivity index (χ1v) is 22.4. The predicted molar refractivity (Wildman–Crippen MR) is 191 cm³/mol. The molecule has 1 fully saturated rings. The average Bonchev–Trinajstić information content (AvgIpc) is 2.96. The van der Waals surface area contributed by atoms with Crippen LogP contribution in [0, 0.1) is 0 Å². The molecule has 7 heteroatoms. The van der Waals surface area contributed by atoms with Crippen LogP contribution in [-0.4, -0.2) is 33.7 Å². The Morgan fingerprint density at radius 2 is 1.27 bits per heavy atom. The van der Waals surface area contributed by atoms with E-state index in [2.05, 4.69) is 98.1 Å². The predicted octanol–water partition coefficient (Wildman–Crippen LogP) is 10.8. The molecule has 0 spiro atoms. The summed E-state index contributed by atoms with van der Waals surface area (Å²) in [7, 11) is -4.10. The quantitative estimate of drug-likeness (QED) is 0.162. The molecule has 45 heavy (non-hydrogen) atoms. The van der Waals surface area contributed by atoms with Crippen LogP contribution in [0.3, 0.4) is 0 Å². The summed E-state index contributed by atoms with van der Waals surface area (Å²) < 4.78 is 13.8. The van der Waals surface area contributed by atoms with E-state index in [1.165, 1.54) is 5.56 Å². The Morgan fingerprint density at radius 1 is 0.733 bits per heavy atom. The lowest BCUT2D eigenvalue weighted by Crippen LogP contribution is -2.45. The van der Waals surface area contributed by atoms with Gasteiger partial charge in [0, 0.05) is 12.1 Å². The molecular formula is C38H55NO4Si2. The van der Waals surface area contributed by atoms with Crippen molar-refractivity contribution in [1.29, 1.82) is 0 Å². The van der Waals surface area contributed by atoms with Crippen molar-refractivity contribution in [2.45, 2.75) is 122 Å². The van der Waals surface area contributed by atoms with Crippen LogP contribution in [0.4, 0.5) is 0 Å². The molecule has 3 aromatic rings. The lowest BCUT2D eigenvalue weighted by molar-refractivity contribution is -0.152. The zero-order valence-corrected chi connectivity index (χ0v) is 31.3. The van der Waals surface area contributed by atoms with Crippen LogP contribution in [0.2, 0.25) is 36.3 Å². The summed E-state index contributed by atoms with van der Waals surface area (Å²) in [6.07, 6.45) is 3.85. The summed E-state index contributed by atoms with van der Waals surface area (Å²) in [6, 6.07) is 26.3. The molecule has 0 heterocycles. The zero-order chi connectivity index (χ0) is 33.0. The van der Waals surface area contributed by atoms with E-state index >= 15 is 0 Å². The van der Waals surface area contributed by atoms with E-state index in [-0.39, 0.29) is 22.1 Å².